The predicted octanol–water partition coefficient (Wildman–Crippen LogP) is 9.95. The zero-order chi connectivity index (χ0) is 35.7. The molecule has 5 nitrogen and oxygen atoms in total. The molecule has 50 heavy (non-hydrogen) atoms. The number of carboxylic acid groups (broad SMARTS) is 1. The fraction of sp³-hybridized carbons (Fsp3) is 0.750. The number of carbonyl (C=O) groups excluding carboxylic acids is 2. The van der Waals surface area contributed by atoms with Crippen LogP contribution in [-0.4, -0.2) is 29.2 Å². The van der Waals surface area contributed by atoms with Crippen molar-refractivity contribution >= 4 is 29.1 Å². The van der Waals surface area contributed by atoms with E-state index < -0.39 is 5.97 Å². The predicted molar refractivity (Wildman–Crippen MR) is 199 cm³/mol. The molecule has 274 valence electrons. The molecule has 11 unspecified atom stereocenters. The summed E-state index contributed by atoms with van der Waals surface area (Å²) < 4.78 is 0. The molecule has 5 fully saturated rings. The summed E-state index contributed by atoms with van der Waals surface area (Å²) in [7, 11) is 0. The van der Waals surface area contributed by atoms with Crippen molar-refractivity contribution in [2.24, 2.45) is 75.4 Å². The van der Waals surface area contributed by atoms with Gasteiger partial charge in [-0.2, -0.15) is 0 Å². The monoisotopic (exact) mass is 703 g/mol. The number of carboxylic acids is 1. The number of fused-ring (bicyclic) bond motifs is 7. The van der Waals surface area contributed by atoms with Gasteiger partial charge in [0.15, 0.2) is 5.78 Å². The highest BCUT2D eigenvalue weighted by molar-refractivity contribution is 6.31. The first-order chi connectivity index (χ1) is 23.7. The van der Waals surface area contributed by atoms with Gasteiger partial charge in [0.25, 0.3) is 0 Å². The first-order valence-electron chi connectivity index (χ1n) is 20.2. The van der Waals surface area contributed by atoms with E-state index in [1.165, 1.54) is 44.1 Å². The van der Waals surface area contributed by atoms with E-state index in [1.54, 1.807) is 5.57 Å². The Hall–Kier alpha value is -1.98. The summed E-state index contributed by atoms with van der Waals surface area (Å²) in [5.74, 6) is 3.43. The van der Waals surface area contributed by atoms with Gasteiger partial charge in [-0.1, -0.05) is 76.9 Å². The highest BCUT2D eigenvalue weighted by Crippen LogP contribution is 2.70. The molecule has 0 heterocycles. The zero-order valence-electron chi connectivity index (χ0n) is 31.5. The van der Waals surface area contributed by atoms with Gasteiger partial charge < -0.3 is 10.4 Å². The highest BCUT2D eigenvalue weighted by Gasteiger charge is 2.62. The Kier molecular flexibility index (Phi) is 9.79. The number of rotatable bonds is 10. The Bertz CT molecular complexity index is 1550. The Labute approximate surface area is 306 Å². The minimum absolute atomic E-state index is 0.00822. The van der Waals surface area contributed by atoms with Crippen LogP contribution in [0.25, 0.3) is 0 Å². The van der Waals surface area contributed by atoms with E-state index in [4.69, 9.17) is 11.6 Å². The molecular weight excluding hydrogens is 642 g/mol. The molecule has 7 rings (SSSR count). The van der Waals surface area contributed by atoms with E-state index in [9.17, 15) is 19.5 Å². The van der Waals surface area contributed by atoms with E-state index >= 15 is 0 Å². The summed E-state index contributed by atoms with van der Waals surface area (Å²) in [6, 6.07) is 8.07. The second-order valence-corrected chi connectivity index (χ2v) is 19.5. The molecule has 11 atom stereocenters. The molecule has 0 saturated heterocycles. The summed E-state index contributed by atoms with van der Waals surface area (Å²) in [6.45, 7) is 15.6. The number of hydrogen-bond acceptors (Lipinski definition) is 4. The van der Waals surface area contributed by atoms with Gasteiger partial charge in [-0.05, 0) is 146 Å². The van der Waals surface area contributed by atoms with Gasteiger partial charge in [0, 0.05) is 35.7 Å². The lowest BCUT2D eigenvalue weighted by Crippen LogP contribution is -2.58. The molecule has 0 radical (unpaired) electrons. The van der Waals surface area contributed by atoms with E-state index in [2.05, 4.69) is 46.0 Å². The molecule has 0 aromatic heterocycles. The lowest BCUT2D eigenvalue weighted by molar-refractivity contribution is -0.162. The maximum absolute atomic E-state index is 13.8. The van der Waals surface area contributed by atoms with Crippen LogP contribution in [0.3, 0.4) is 0 Å². The van der Waals surface area contributed by atoms with E-state index in [0.717, 1.165) is 48.9 Å². The second-order valence-electron chi connectivity index (χ2n) is 19.0. The largest absolute Gasteiger partial charge is 0.481 e. The SMILES string of the molecule is CC(C)C1=C2C3CCC4C(CCC5C(C)(C)C(CC(=O)C6CC(C(=O)O)C6C)CCC45C)C3CCC2(CCNCc2ccccc2Cl)CC1=O. The summed E-state index contributed by atoms with van der Waals surface area (Å²) in [5, 5.41) is 14.0. The third-order valence-corrected chi connectivity index (χ3v) is 16.7. The van der Waals surface area contributed by atoms with E-state index in [0.29, 0.717) is 60.4 Å². The van der Waals surface area contributed by atoms with Gasteiger partial charge in [-0.3, -0.25) is 14.4 Å². The maximum Gasteiger partial charge on any atom is 0.306 e. The van der Waals surface area contributed by atoms with Crippen LogP contribution in [0, 0.1) is 75.4 Å². The molecular formula is C44H62ClNO4. The average Bonchev–Trinajstić information content (AvgIpc) is 3.36. The van der Waals surface area contributed by atoms with Gasteiger partial charge in [-0.25, -0.2) is 0 Å². The van der Waals surface area contributed by atoms with Crippen LogP contribution in [0.4, 0.5) is 0 Å². The molecule has 6 heteroatoms. The van der Waals surface area contributed by atoms with Crippen LogP contribution in [-0.2, 0) is 20.9 Å². The van der Waals surface area contributed by atoms with Crippen LogP contribution >= 0.6 is 11.6 Å². The minimum atomic E-state index is -0.747. The number of benzene rings is 1. The molecule has 2 N–H and O–H groups in total. The number of carbonyl (C=O) groups is 3. The van der Waals surface area contributed by atoms with Crippen molar-refractivity contribution in [2.45, 2.75) is 125 Å². The van der Waals surface area contributed by atoms with Crippen LogP contribution in [0.15, 0.2) is 35.4 Å². The van der Waals surface area contributed by atoms with E-state index in [-0.39, 0.29) is 39.9 Å². The smallest absolute Gasteiger partial charge is 0.306 e. The third kappa shape index (κ3) is 5.87. The highest BCUT2D eigenvalue weighted by atomic mass is 35.5. The number of aliphatic carboxylic acids is 1. The fourth-order valence-corrected chi connectivity index (χ4v) is 13.9. The number of allylic oxidation sites excluding steroid dienone is 2. The Balaban J connectivity index is 1.06. The molecule has 0 amide bonds. The third-order valence-electron chi connectivity index (χ3n) is 16.4. The molecule has 6 aliphatic carbocycles. The molecule has 0 bridgehead atoms. The second kappa shape index (κ2) is 13.5. The zero-order valence-corrected chi connectivity index (χ0v) is 32.3. The van der Waals surface area contributed by atoms with Gasteiger partial charge in [0.05, 0.1) is 5.92 Å². The quantitative estimate of drug-likeness (QED) is 0.237. The Morgan fingerprint density at radius 2 is 1.74 bits per heavy atom. The average molecular weight is 704 g/mol. The van der Waals surface area contributed by atoms with Gasteiger partial charge in [0.1, 0.15) is 5.78 Å². The standard InChI is InChI=1S/C44H62ClNO4/c1-25(2)39-37(48)23-44(19-20-46-24-27-9-7-8-10-35(27)45)18-16-29-30-12-14-38-42(4,5)28(21-36(47)32-22-33(26(32)3)41(49)50)15-17-43(38,6)34(30)13-11-31(29)40(39)44/h7-10,25-26,28-34,38,46H,11-24H2,1-6H3,(H,49,50). The van der Waals surface area contributed by atoms with E-state index in [1.807, 2.05) is 25.1 Å². The van der Waals surface area contributed by atoms with Crippen molar-refractivity contribution in [3.05, 3.63) is 46.0 Å². The van der Waals surface area contributed by atoms with Gasteiger partial charge >= 0.3 is 5.97 Å². The normalized spacial score (nSPS) is 40.4. The first kappa shape index (κ1) is 36.4. The number of nitrogens with one attached hydrogen (secondary N) is 1. The lowest BCUT2D eigenvalue weighted by Gasteiger charge is -2.65. The maximum atomic E-state index is 13.8. The summed E-state index contributed by atoms with van der Waals surface area (Å²) >= 11 is 6.45. The summed E-state index contributed by atoms with van der Waals surface area (Å²) in [6.07, 6.45) is 12.6. The molecule has 6 aliphatic rings. The van der Waals surface area contributed by atoms with Crippen LogP contribution in [0.2, 0.25) is 5.02 Å². The Morgan fingerprint density at radius 3 is 2.44 bits per heavy atom. The van der Waals surface area contributed by atoms with Crippen molar-refractivity contribution in [3.63, 3.8) is 0 Å². The molecule has 1 aromatic rings. The first-order valence-corrected chi connectivity index (χ1v) is 20.5. The summed E-state index contributed by atoms with van der Waals surface area (Å²) in [5.41, 5.74) is 4.28. The van der Waals surface area contributed by atoms with Crippen molar-refractivity contribution in [3.8, 4) is 0 Å². The van der Waals surface area contributed by atoms with Crippen molar-refractivity contribution in [1.82, 2.24) is 5.32 Å². The number of Topliss-reactive ketones (excluding diaryl/α,β-unsaturated/α-hetero) is 2. The summed E-state index contributed by atoms with van der Waals surface area (Å²) in [4.78, 5) is 38.9. The van der Waals surface area contributed by atoms with Crippen LogP contribution in [0.5, 0.6) is 0 Å². The van der Waals surface area contributed by atoms with Crippen LogP contribution in [0.1, 0.15) is 124 Å². The molecule has 0 spiro atoms. The number of hydrogen-bond donors (Lipinski definition) is 2. The van der Waals surface area contributed by atoms with Crippen molar-refractivity contribution in [2.75, 3.05) is 6.54 Å². The fourth-order valence-electron chi connectivity index (χ4n) is 13.7. The lowest BCUT2D eigenvalue weighted by atomic mass is 9.39. The minimum Gasteiger partial charge on any atom is -0.481 e. The molecule has 5 saturated carbocycles. The topological polar surface area (TPSA) is 83.5 Å². The number of halogens is 1. The van der Waals surface area contributed by atoms with Crippen molar-refractivity contribution in [1.29, 1.82) is 0 Å². The van der Waals surface area contributed by atoms with Crippen LogP contribution < -0.4 is 5.32 Å². The van der Waals surface area contributed by atoms with Crippen molar-refractivity contribution < 1.29 is 19.5 Å². The van der Waals surface area contributed by atoms with Gasteiger partial charge in [-0.15, -0.1) is 0 Å². The Morgan fingerprint density at radius 1 is 0.980 bits per heavy atom. The van der Waals surface area contributed by atoms with Gasteiger partial charge in [0.2, 0.25) is 0 Å². The molecule has 0 aliphatic heterocycles. The number of ketones is 2. The molecule has 1 aromatic carbocycles.